The van der Waals surface area contributed by atoms with Crippen LogP contribution in [0.3, 0.4) is 0 Å². The number of methoxy groups -OCH3 is 1. The molecular formula is C17H17F3N6O2S. The number of alkyl halides is 3. The van der Waals surface area contributed by atoms with E-state index in [-0.39, 0.29) is 5.69 Å². The first kappa shape index (κ1) is 20.9. The first-order chi connectivity index (χ1) is 13.7. The Bertz CT molecular complexity index is 1020. The summed E-state index contributed by atoms with van der Waals surface area (Å²) in [7, 11) is 2.84. The van der Waals surface area contributed by atoms with Crippen molar-refractivity contribution < 1.29 is 22.7 Å². The SMILES string of the molecule is COCc1cc(-c2nsc([C@H](C)NC(=O)c3cc(C(F)(F)F)nn3C)n2)ccn1. The first-order valence-electron chi connectivity index (χ1n) is 8.39. The first-order valence-corrected chi connectivity index (χ1v) is 9.16. The van der Waals surface area contributed by atoms with Gasteiger partial charge >= 0.3 is 6.18 Å². The van der Waals surface area contributed by atoms with Gasteiger partial charge in [0.25, 0.3) is 5.91 Å². The highest BCUT2D eigenvalue weighted by molar-refractivity contribution is 7.05. The summed E-state index contributed by atoms with van der Waals surface area (Å²) in [6.45, 7) is 2.02. The van der Waals surface area contributed by atoms with Gasteiger partial charge in [-0.2, -0.15) is 22.6 Å². The van der Waals surface area contributed by atoms with E-state index in [9.17, 15) is 18.0 Å². The van der Waals surface area contributed by atoms with Gasteiger partial charge in [-0.1, -0.05) is 0 Å². The number of pyridine rings is 1. The van der Waals surface area contributed by atoms with Crippen LogP contribution in [-0.4, -0.2) is 37.1 Å². The van der Waals surface area contributed by atoms with E-state index in [1.165, 1.54) is 7.05 Å². The molecule has 154 valence electrons. The zero-order valence-electron chi connectivity index (χ0n) is 15.7. The van der Waals surface area contributed by atoms with Gasteiger partial charge < -0.3 is 10.1 Å². The van der Waals surface area contributed by atoms with Crippen molar-refractivity contribution in [2.24, 2.45) is 7.05 Å². The number of halogens is 3. The highest BCUT2D eigenvalue weighted by atomic mass is 32.1. The predicted octanol–water partition coefficient (Wildman–Crippen LogP) is 2.99. The Labute approximate surface area is 167 Å². The number of hydrogen-bond donors (Lipinski definition) is 1. The van der Waals surface area contributed by atoms with Crippen molar-refractivity contribution in [3.05, 3.63) is 46.5 Å². The molecule has 0 bridgehead atoms. The molecular weight excluding hydrogens is 409 g/mol. The molecule has 0 aliphatic carbocycles. The van der Waals surface area contributed by atoms with E-state index < -0.39 is 23.8 Å². The molecule has 0 aliphatic rings. The molecule has 3 aromatic rings. The number of carbonyl (C=O) groups is 1. The zero-order chi connectivity index (χ0) is 21.2. The Morgan fingerprint density at radius 3 is 2.79 bits per heavy atom. The van der Waals surface area contributed by atoms with Crippen molar-refractivity contribution in [2.75, 3.05) is 7.11 Å². The van der Waals surface area contributed by atoms with Crippen LogP contribution in [-0.2, 0) is 24.6 Å². The highest BCUT2D eigenvalue weighted by Gasteiger charge is 2.35. The third-order valence-corrected chi connectivity index (χ3v) is 4.83. The molecule has 1 N–H and O–H groups in total. The van der Waals surface area contributed by atoms with Gasteiger partial charge in [-0.3, -0.25) is 14.5 Å². The van der Waals surface area contributed by atoms with Crippen LogP contribution in [0, 0.1) is 0 Å². The molecule has 0 saturated carbocycles. The second-order valence-corrected chi connectivity index (χ2v) is 6.94. The molecule has 29 heavy (non-hydrogen) atoms. The van der Waals surface area contributed by atoms with Gasteiger partial charge in [0.2, 0.25) is 0 Å². The largest absolute Gasteiger partial charge is 0.435 e. The summed E-state index contributed by atoms with van der Waals surface area (Å²) in [5, 5.41) is 6.47. The van der Waals surface area contributed by atoms with Crippen LogP contribution < -0.4 is 5.32 Å². The topological polar surface area (TPSA) is 94.8 Å². The molecule has 1 atom stereocenters. The van der Waals surface area contributed by atoms with Crippen LogP contribution in [0.25, 0.3) is 11.4 Å². The third kappa shape index (κ3) is 4.77. The zero-order valence-corrected chi connectivity index (χ0v) is 16.5. The van der Waals surface area contributed by atoms with E-state index in [2.05, 4.69) is 24.8 Å². The Hall–Kier alpha value is -2.86. The summed E-state index contributed by atoms with van der Waals surface area (Å²) in [5.41, 5.74) is 0.140. The Balaban J connectivity index is 1.74. The van der Waals surface area contributed by atoms with E-state index in [4.69, 9.17) is 4.74 Å². The van der Waals surface area contributed by atoms with Crippen molar-refractivity contribution >= 4 is 17.4 Å². The number of rotatable bonds is 6. The fraction of sp³-hybridized carbons (Fsp3) is 0.353. The lowest BCUT2D eigenvalue weighted by Gasteiger charge is -2.10. The molecule has 12 heteroatoms. The molecule has 0 spiro atoms. The molecule has 3 heterocycles. The standard InChI is InChI=1S/C17H17F3N6O2S/c1-9(22-15(27)12-7-13(17(18,19)20)24-26(12)2)16-23-14(25-29-16)10-4-5-21-11(6-10)8-28-3/h4-7,9H,8H2,1-3H3,(H,22,27)/t9-/m0/s1. The minimum Gasteiger partial charge on any atom is -0.378 e. The molecule has 0 fully saturated rings. The van der Waals surface area contributed by atoms with Crippen molar-refractivity contribution in [3.63, 3.8) is 0 Å². The number of aryl methyl sites for hydroxylation is 1. The number of nitrogens with zero attached hydrogens (tertiary/aromatic N) is 5. The quantitative estimate of drug-likeness (QED) is 0.651. The maximum absolute atomic E-state index is 12.8. The van der Waals surface area contributed by atoms with Crippen LogP contribution >= 0.6 is 11.5 Å². The maximum Gasteiger partial charge on any atom is 0.435 e. The summed E-state index contributed by atoms with van der Waals surface area (Å²) in [6.07, 6.45) is -3.00. The molecule has 3 rings (SSSR count). The number of aromatic nitrogens is 5. The number of hydrogen-bond acceptors (Lipinski definition) is 7. The number of amides is 1. The molecule has 0 saturated heterocycles. The third-order valence-electron chi connectivity index (χ3n) is 3.93. The Morgan fingerprint density at radius 1 is 1.38 bits per heavy atom. The molecule has 0 unspecified atom stereocenters. The molecule has 0 aliphatic heterocycles. The highest BCUT2D eigenvalue weighted by Crippen LogP contribution is 2.28. The molecule has 0 radical (unpaired) electrons. The fourth-order valence-corrected chi connectivity index (χ4v) is 3.19. The van der Waals surface area contributed by atoms with Gasteiger partial charge in [-0.15, -0.1) is 0 Å². The summed E-state index contributed by atoms with van der Waals surface area (Å²) in [6, 6.07) is 3.70. The van der Waals surface area contributed by atoms with Crippen molar-refractivity contribution in [1.82, 2.24) is 29.4 Å². The second-order valence-electron chi connectivity index (χ2n) is 6.16. The van der Waals surface area contributed by atoms with Gasteiger partial charge in [0.05, 0.1) is 18.3 Å². The van der Waals surface area contributed by atoms with Crippen LogP contribution in [0.2, 0.25) is 0 Å². The van der Waals surface area contributed by atoms with Crippen LogP contribution in [0.1, 0.15) is 39.8 Å². The van der Waals surface area contributed by atoms with Gasteiger partial charge in [-0.05, 0) is 30.6 Å². The average Bonchev–Trinajstić information content (AvgIpc) is 3.29. The van der Waals surface area contributed by atoms with Crippen molar-refractivity contribution in [2.45, 2.75) is 25.7 Å². The maximum atomic E-state index is 12.8. The Morgan fingerprint density at radius 2 is 2.14 bits per heavy atom. The molecule has 0 aromatic carbocycles. The lowest BCUT2D eigenvalue weighted by Crippen LogP contribution is -2.28. The average molecular weight is 426 g/mol. The van der Waals surface area contributed by atoms with Crippen molar-refractivity contribution in [3.8, 4) is 11.4 Å². The summed E-state index contributed by atoms with van der Waals surface area (Å²) in [5.74, 6) is -0.225. The van der Waals surface area contributed by atoms with E-state index in [0.29, 0.717) is 23.5 Å². The second kappa shape index (κ2) is 8.25. The Kier molecular flexibility index (Phi) is 5.94. The van der Waals surface area contributed by atoms with Crippen molar-refractivity contribution in [1.29, 1.82) is 0 Å². The van der Waals surface area contributed by atoms with Gasteiger partial charge in [0.1, 0.15) is 10.7 Å². The van der Waals surface area contributed by atoms with Gasteiger partial charge in [-0.25, -0.2) is 4.98 Å². The molecule has 8 nitrogen and oxygen atoms in total. The molecule has 3 aromatic heterocycles. The monoisotopic (exact) mass is 426 g/mol. The minimum absolute atomic E-state index is 0.202. The lowest BCUT2D eigenvalue weighted by atomic mass is 10.2. The number of ether oxygens (including phenoxy) is 1. The summed E-state index contributed by atoms with van der Waals surface area (Å²) in [4.78, 5) is 21.0. The smallest absolute Gasteiger partial charge is 0.378 e. The van der Waals surface area contributed by atoms with Crippen LogP contribution in [0.4, 0.5) is 13.2 Å². The van der Waals surface area contributed by atoms with Gasteiger partial charge in [0, 0.05) is 32.0 Å². The number of carbonyl (C=O) groups excluding carboxylic acids is 1. The summed E-state index contributed by atoms with van der Waals surface area (Å²) < 4.78 is 48.6. The minimum atomic E-state index is -4.62. The fourth-order valence-electron chi connectivity index (χ4n) is 2.52. The summed E-state index contributed by atoms with van der Waals surface area (Å²) >= 11 is 1.09. The van der Waals surface area contributed by atoms with E-state index >= 15 is 0 Å². The van der Waals surface area contributed by atoms with Gasteiger partial charge in [0.15, 0.2) is 11.5 Å². The predicted molar refractivity (Wildman–Crippen MR) is 97.9 cm³/mol. The van der Waals surface area contributed by atoms with Crippen LogP contribution in [0.15, 0.2) is 24.4 Å². The molecule has 1 amide bonds. The van der Waals surface area contributed by atoms with Crippen LogP contribution in [0.5, 0.6) is 0 Å². The lowest BCUT2D eigenvalue weighted by molar-refractivity contribution is -0.141. The van der Waals surface area contributed by atoms with E-state index in [0.717, 1.165) is 27.5 Å². The van der Waals surface area contributed by atoms with E-state index in [1.54, 1.807) is 32.4 Å². The van der Waals surface area contributed by atoms with E-state index in [1.807, 2.05) is 0 Å². The normalized spacial score (nSPS) is 12.8. The number of nitrogens with one attached hydrogen (secondary N) is 1.